The molecule has 0 aromatic heterocycles. The highest BCUT2D eigenvalue weighted by Gasteiger charge is 2.50. The Hall–Kier alpha value is -0.830. The lowest BCUT2D eigenvalue weighted by Gasteiger charge is -2.52. The quantitative estimate of drug-likeness (QED) is 0.728. The molecule has 0 spiro atoms. The summed E-state index contributed by atoms with van der Waals surface area (Å²) < 4.78 is 6.40. The number of hydrogen-bond acceptors (Lipinski definition) is 3. The number of ketones is 1. The van der Waals surface area contributed by atoms with Crippen molar-refractivity contribution in [2.24, 2.45) is 11.3 Å². The van der Waals surface area contributed by atoms with Gasteiger partial charge in [0.2, 0.25) is 0 Å². The zero-order chi connectivity index (χ0) is 13.8. The maximum atomic E-state index is 12.5. The number of Topliss-reactive ketones (excluding diaryl/α,β-unsaturated/α-hetero) is 1. The molecule has 0 amide bonds. The number of hydrogen-bond donors (Lipinski definition) is 0. The van der Waals surface area contributed by atoms with Crippen LogP contribution in [-0.4, -0.2) is 30.5 Å². The van der Waals surface area contributed by atoms with Crippen molar-refractivity contribution < 1.29 is 9.53 Å². The van der Waals surface area contributed by atoms with Gasteiger partial charge in [-0.05, 0) is 38.3 Å². The summed E-state index contributed by atoms with van der Waals surface area (Å²) in [4.78, 5) is 14.7. The van der Waals surface area contributed by atoms with Gasteiger partial charge in [-0.3, -0.25) is 9.69 Å². The lowest BCUT2D eigenvalue weighted by Crippen LogP contribution is -2.54. The molecule has 1 saturated carbocycles. The zero-order valence-electron chi connectivity index (χ0n) is 12.6. The summed E-state index contributed by atoms with van der Waals surface area (Å²) >= 11 is 0. The van der Waals surface area contributed by atoms with Crippen LogP contribution in [0.2, 0.25) is 0 Å². The Morgan fingerprint density at radius 1 is 1.26 bits per heavy atom. The molecule has 1 heterocycles. The van der Waals surface area contributed by atoms with Crippen molar-refractivity contribution >= 4 is 5.78 Å². The summed E-state index contributed by atoms with van der Waals surface area (Å²) in [5.41, 5.74) is 0.932. The number of carbonyl (C=O) groups is 1. The SMILES string of the molecule is CN(C)[C@@]12CCC[C@@H](C1)C1=C(CC(C)(C)CC1=O)O2. The Balaban J connectivity index is 2.02. The van der Waals surface area contributed by atoms with Crippen molar-refractivity contribution in [1.29, 1.82) is 0 Å². The molecule has 106 valence electrons. The van der Waals surface area contributed by atoms with Gasteiger partial charge in [0, 0.05) is 31.3 Å². The highest BCUT2D eigenvalue weighted by Crippen LogP contribution is 2.51. The molecule has 3 aliphatic rings. The molecule has 0 N–H and O–H groups in total. The second kappa shape index (κ2) is 4.08. The maximum Gasteiger partial charge on any atom is 0.163 e. The number of allylic oxidation sites excluding steroid dienone is 2. The van der Waals surface area contributed by atoms with Crippen molar-refractivity contribution in [1.82, 2.24) is 4.90 Å². The molecule has 0 saturated heterocycles. The lowest BCUT2D eigenvalue weighted by molar-refractivity contribution is -0.161. The molecule has 2 bridgehead atoms. The number of fused-ring (bicyclic) bond motifs is 3. The summed E-state index contributed by atoms with van der Waals surface area (Å²) in [7, 11) is 4.20. The summed E-state index contributed by atoms with van der Waals surface area (Å²) in [6.07, 6.45) is 5.99. The van der Waals surface area contributed by atoms with Gasteiger partial charge in [0.15, 0.2) is 11.5 Å². The van der Waals surface area contributed by atoms with Crippen LogP contribution in [0.4, 0.5) is 0 Å². The first-order chi connectivity index (χ1) is 8.83. The van der Waals surface area contributed by atoms with E-state index in [1.54, 1.807) is 0 Å². The molecule has 2 atom stereocenters. The first kappa shape index (κ1) is 13.2. The molecular weight excluding hydrogens is 238 g/mol. The standard InChI is InChI=1S/C16H25NO2/c1-15(2)9-12(18)14-11-6-5-7-16(8-11,17(3)4)19-13(14)10-15/h11H,5-10H2,1-4H3/t11-,16+/m0/s1. The summed E-state index contributed by atoms with van der Waals surface area (Å²) in [6, 6.07) is 0. The molecule has 1 fully saturated rings. The minimum absolute atomic E-state index is 0.0507. The van der Waals surface area contributed by atoms with E-state index in [0.717, 1.165) is 43.4 Å². The van der Waals surface area contributed by atoms with Crippen LogP contribution in [-0.2, 0) is 9.53 Å². The fourth-order valence-corrected chi connectivity index (χ4v) is 4.10. The van der Waals surface area contributed by atoms with Crippen molar-refractivity contribution in [3.8, 4) is 0 Å². The first-order valence-corrected chi connectivity index (χ1v) is 7.46. The molecule has 3 heteroatoms. The highest BCUT2D eigenvalue weighted by molar-refractivity contribution is 5.97. The Morgan fingerprint density at radius 2 is 2.00 bits per heavy atom. The molecule has 0 unspecified atom stereocenters. The van der Waals surface area contributed by atoms with Crippen molar-refractivity contribution in [2.45, 2.75) is 58.1 Å². The van der Waals surface area contributed by atoms with Crippen molar-refractivity contribution in [2.75, 3.05) is 14.1 Å². The van der Waals surface area contributed by atoms with E-state index in [9.17, 15) is 4.79 Å². The Kier molecular flexibility index (Phi) is 2.83. The van der Waals surface area contributed by atoms with Crippen LogP contribution < -0.4 is 0 Å². The molecule has 0 radical (unpaired) electrons. The maximum absolute atomic E-state index is 12.5. The largest absolute Gasteiger partial charge is 0.476 e. The van der Waals surface area contributed by atoms with Crippen LogP contribution in [0.1, 0.15) is 52.4 Å². The molecule has 19 heavy (non-hydrogen) atoms. The van der Waals surface area contributed by atoms with Gasteiger partial charge in [0.05, 0.1) is 0 Å². The highest BCUT2D eigenvalue weighted by atomic mass is 16.5. The molecule has 3 nitrogen and oxygen atoms in total. The third kappa shape index (κ3) is 2.03. The first-order valence-electron chi connectivity index (χ1n) is 7.46. The van der Waals surface area contributed by atoms with Gasteiger partial charge >= 0.3 is 0 Å². The van der Waals surface area contributed by atoms with E-state index in [0.29, 0.717) is 18.1 Å². The molecule has 1 aliphatic heterocycles. The molecule has 2 aliphatic carbocycles. The predicted molar refractivity (Wildman–Crippen MR) is 74.5 cm³/mol. The lowest BCUT2D eigenvalue weighted by atomic mass is 9.67. The number of ether oxygens (including phenoxy) is 1. The summed E-state index contributed by atoms with van der Waals surface area (Å²) in [6.45, 7) is 4.34. The Bertz CT molecular complexity index is 450. The number of rotatable bonds is 1. The third-order valence-electron chi connectivity index (χ3n) is 5.10. The van der Waals surface area contributed by atoms with E-state index < -0.39 is 0 Å². The third-order valence-corrected chi connectivity index (χ3v) is 5.10. The van der Waals surface area contributed by atoms with Gasteiger partial charge in [0.25, 0.3) is 0 Å². The second-order valence-electron chi connectivity index (χ2n) is 7.51. The predicted octanol–water partition coefficient (Wildman–Crippen LogP) is 3.11. The van der Waals surface area contributed by atoms with Crippen LogP contribution in [0, 0.1) is 11.3 Å². The topological polar surface area (TPSA) is 29.5 Å². The normalized spacial score (nSPS) is 37.1. The van der Waals surface area contributed by atoms with Gasteiger partial charge < -0.3 is 4.74 Å². The average molecular weight is 263 g/mol. The zero-order valence-corrected chi connectivity index (χ0v) is 12.6. The van der Waals surface area contributed by atoms with Gasteiger partial charge in [-0.1, -0.05) is 13.8 Å². The van der Waals surface area contributed by atoms with E-state index in [2.05, 4.69) is 32.8 Å². The number of carbonyl (C=O) groups excluding carboxylic acids is 1. The molecule has 0 aromatic carbocycles. The Labute approximate surface area is 116 Å². The van der Waals surface area contributed by atoms with Gasteiger partial charge in [-0.2, -0.15) is 0 Å². The van der Waals surface area contributed by atoms with Gasteiger partial charge in [0.1, 0.15) is 5.76 Å². The number of nitrogens with zero attached hydrogens (tertiary/aromatic N) is 1. The van der Waals surface area contributed by atoms with Crippen molar-refractivity contribution in [3.05, 3.63) is 11.3 Å². The van der Waals surface area contributed by atoms with Crippen LogP contribution >= 0.6 is 0 Å². The fraction of sp³-hybridized carbons (Fsp3) is 0.812. The van der Waals surface area contributed by atoms with Gasteiger partial charge in [-0.15, -0.1) is 0 Å². The van der Waals surface area contributed by atoms with Crippen LogP contribution in [0.3, 0.4) is 0 Å². The van der Waals surface area contributed by atoms with Crippen LogP contribution in [0.5, 0.6) is 0 Å². The molecule has 0 aromatic rings. The fourth-order valence-electron chi connectivity index (χ4n) is 4.10. The van der Waals surface area contributed by atoms with Crippen LogP contribution in [0.25, 0.3) is 0 Å². The molecular formula is C16H25NO2. The average Bonchev–Trinajstić information content (AvgIpc) is 2.25. The van der Waals surface area contributed by atoms with E-state index in [1.807, 2.05) is 0 Å². The van der Waals surface area contributed by atoms with Crippen molar-refractivity contribution in [3.63, 3.8) is 0 Å². The van der Waals surface area contributed by atoms with E-state index in [4.69, 9.17) is 4.74 Å². The second-order valence-corrected chi connectivity index (χ2v) is 7.51. The molecule has 3 rings (SSSR count). The van der Waals surface area contributed by atoms with E-state index in [1.165, 1.54) is 0 Å². The minimum Gasteiger partial charge on any atom is -0.476 e. The Morgan fingerprint density at radius 3 is 2.68 bits per heavy atom. The van der Waals surface area contributed by atoms with E-state index >= 15 is 0 Å². The summed E-state index contributed by atoms with van der Waals surface area (Å²) in [5, 5.41) is 0. The van der Waals surface area contributed by atoms with E-state index in [-0.39, 0.29) is 11.1 Å². The smallest absolute Gasteiger partial charge is 0.163 e. The minimum atomic E-state index is -0.157. The van der Waals surface area contributed by atoms with Gasteiger partial charge in [-0.25, -0.2) is 0 Å². The summed E-state index contributed by atoms with van der Waals surface area (Å²) in [5.74, 6) is 1.78. The monoisotopic (exact) mass is 263 g/mol. The van der Waals surface area contributed by atoms with Crippen LogP contribution in [0.15, 0.2) is 11.3 Å².